The normalized spacial score (nSPS) is 18.1. The molecule has 19 heavy (non-hydrogen) atoms. The summed E-state index contributed by atoms with van der Waals surface area (Å²) in [6, 6.07) is 6.12. The third kappa shape index (κ3) is 3.07. The molecule has 1 amide bonds. The summed E-state index contributed by atoms with van der Waals surface area (Å²) in [7, 11) is 0. The van der Waals surface area contributed by atoms with E-state index in [4.69, 9.17) is 0 Å². The van der Waals surface area contributed by atoms with Crippen molar-refractivity contribution in [3.8, 4) is 0 Å². The summed E-state index contributed by atoms with van der Waals surface area (Å²) in [6.07, 6.45) is 4.20. The lowest BCUT2D eigenvalue weighted by Crippen LogP contribution is -2.25. The molecule has 0 atom stereocenters. The maximum Gasteiger partial charge on any atom is 0.225 e. The van der Waals surface area contributed by atoms with Crippen LogP contribution in [0, 0.1) is 0 Å². The third-order valence-electron chi connectivity index (χ3n) is 3.95. The summed E-state index contributed by atoms with van der Waals surface area (Å²) in [5.41, 5.74) is 3.43. The van der Waals surface area contributed by atoms with Crippen LogP contribution in [0.5, 0.6) is 0 Å². The fourth-order valence-electron chi connectivity index (χ4n) is 2.87. The van der Waals surface area contributed by atoms with Crippen LogP contribution in [-0.2, 0) is 11.2 Å². The Morgan fingerprint density at radius 3 is 3.00 bits per heavy atom. The van der Waals surface area contributed by atoms with Gasteiger partial charge >= 0.3 is 0 Å². The van der Waals surface area contributed by atoms with Crippen LogP contribution in [0.15, 0.2) is 18.2 Å². The summed E-state index contributed by atoms with van der Waals surface area (Å²) < 4.78 is 0. The molecule has 2 aliphatic heterocycles. The lowest BCUT2D eigenvalue weighted by molar-refractivity contribution is -0.116. The van der Waals surface area contributed by atoms with E-state index in [2.05, 4.69) is 27.7 Å². The molecule has 2 heterocycles. The number of carbonyl (C=O) groups excluding carboxylic acids is 1. The number of likely N-dealkylation sites (tertiary alicyclic amines) is 1. The van der Waals surface area contributed by atoms with Crippen LogP contribution >= 0.6 is 0 Å². The molecule has 0 radical (unpaired) electrons. The minimum absolute atomic E-state index is 0.123. The number of nitrogens with one attached hydrogen (secondary N) is 2. The minimum Gasteiger partial charge on any atom is -0.384 e. The fraction of sp³-hybridized carbons (Fsp3) is 0.533. The van der Waals surface area contributed by atoms with Crippen LogP contribution in [0.2, 0.25) is 0 Å². The van der Waals surface area contributed by atoms with Crippen LogP contribution in [0.3, 0.4) is 0 Å². The molecule has 0 aliphatic carbocycles. The molecule has 0 bridgehead atoms. The number of benzene rings is 1. The summed E-state index contributed by atoms with van der Waals surface area (Å²) in [4.78, 5) is 14.3. The van der Waals surface area contributed by atoms with Gasteiger partial charge in [-0.15, -0.1) is 0 Å². The van der Waals surface area contributed by atoms with Gasteiger partial charge in [-0.1, -0.05) is 0 Å². The van der Waals surface area contributed by atoms with Gasteiger partial charge in [0.1, 0.15) is 0 Å². The van der Waals surface area contributed by atoms with Gasteiger partial charge in [0, 0.05) is 30.9 Å². The molecular formula is C15H21N3O. The minimum atomic E-state index is 0.123. The second kappa shape index (κ2) is 5.61. The number of nitrogens with zero attached hydrogens (tertiary/aromatic N) is 1. The average Bonchev–Trinajstić information content (AvgIpc) is 3.07. The highest BCUT2D eigenvalue weighted by atomic mass is 16.1. The highest BCUT2D eigenvalue weighted by Gasteiger charge is 2.14. The first-order valence-corrected chi connectivity index (χ1v) is 7.20. The Morgan fingerprint density at radius 1 is 1.32 bits per heavy atom. The SMILES string of the molecule is O=C(CCN1CCCC1)Nc1ccc2c(c1)CCN2. The van der Waals surface area contributed by atoms with Gasteiger partial charge < -0.3 is 15.5 Å². The van der Waals surface area contributed by atoms with Crippen LogP contribution in [0.4, 0.5) is 11.4 Å². The molecule has 3 rings (SSSR count). The van der Waals surface area contributed by atoms with Crippen molar-refractivity contribution in [2.24, 2.45) is 0 Å². The van der Waals surface area contributed by atoms with Gasteiger partial charge in [-0.2, -0.15) is 0 Å². The summed E-state index contributed by atoms with van der Waals surface area (Å²) in [5, 5.41) is 6.33. The van der Waals surface area contributed by atoms with Crippen molar-refractivity contribution in [1.82, 2.24) is 4.90 Å². The van der Waals surface area contributed by atoms with Crippen molar-refractivity contribution in [3.05, 3.63) is 23.8 Å². The van der Waals surface area contributed by atoms with Gasteiger partial charge in [0.2, 0.25) is 5.91 Å². The topological polar surface area (TPSA) is 44.4 Å². The number of anilines is 2. The maximum atomic E-state index is 11.9. The molecule has 0 unspecified atom stereocenters. The van der Waals surface area contributed by atoms with E-state index >= 15 is 0 Å². The van der Waals surface area contributed by atoms with Crippen molar-refractivity contribution in [2.45, 2.75) is 25.7 Å². The van der Waals surface area contributed by atoms with Crippen LogP contribution in [0.25, 0.3) is 0 Å². The first-order valence-electron chi connectivity index (χ1n) is 7.20. The molecule has 1 saturated heterocycles. The Hall–Kier alpha value is -1.55. The van der Waals surface area contributed by atoms with Gasteiger partial charge in [-0.3, -0.25) is 4.79 Å². The monoisotopic (exact) mass is 259 g/mol. The molecule has 102 valence electrons. The van der Waals surface area contributed by atoms with Crippen molar-refractivity contribution < 1.29 is 4.79 Å². The van der Waals surface area contributed by atoms with Gasteiger partial charge in [0.25, 0.3) is 0 Å². The summed E-state index contributed by atoms with van der Waals surface area (Å²) in [6.45, 7) is 4.19. The lowest BCUT2D eigenvalue weighted by atomic mass is 10.1. The van der Waals surface area contributed by atoms with E-state index in [0.717, 1.165) is 38.3 Å². The van der Waals surface area contributed by atoms with E-state index in [9.17, 15) is 4.79 Å². The smallest absolute Gasteiger partial charge is 0.225 e. The second-order valence-corrected chi connectivity index (χ2v) is 5.40. The Bertz CT molecular complexity index is 466. The standard InChI is InChI=1S/C15H21N3O/c19-15(6-10-18-8-1-2-9-18)17-13-3-4-14-12(11-13)5-7-16-14/h3-4,11,16H,1-2,5-10H2,(H,17,19). The molecule has 2 aliphatic rings. The van der Waals surface area contributed by atoms with Gasteiger partial charge in [0.05, 0.1) is 0 Å². The molecule has 0 saturated carbocycles. The maximum absolute atomic E-state index is 11.9. The first-order chi connectivity index (χ1) is 9.31. The zero-order valence-electron chi connectivity index (χ0n) is 11.2. The molecule has 1 aromatic carbocycles. The fourth-order valence-corrected chi connectivity index (χ4v) is 2.87. The molecular weight excluding hydrogens is 238 g/mol. The molecule has 1 aromatic rings. The van der Waals surface area contributed by atoms with E-state index in [0.29, 0.717) is 6.42 Å². The molecule has 4 heteroatoms. The molecule has 0 aromatic heterocycles. The molecule has 0 spiro atoms. The van der Waals surface area contributed by atoms with Crippen molar-refractivity contribution in [2.75, 3.05) is 36.8 Å². The quantitative estimate of drug-likeness (QED) is 0.870. The van der Waals surface area contributed by atoms with Crippen molar-refractivity contribution in [3.63, 3.8) is 0 Å². The number of amides is 1. The third-order valence-corrected chi connectivity index (χ3v) is 3.95. The average molecular weight is 259 g/mol. The van der Waals surface area contributed by atoms with E-state index in [1.54, 1.807) is 0 Å². The van der Waals surface area contributed by atoms with E-state index in [-0.39, 0.29) is 5.91 Å². The molecule has 2 N–H and O–H groups in total. The number of fused-ring (bicyclic) bond motifs is 1. The highest BCUT2D eigenvalue weighted by molar-refractivity contribution is 5.91. The van der Waals surface area contributed by atoms with Crippen LogP contribution in [-0.4, -0.2) is 37.0 Å². The van der Waals surface area contributed by atoms with Gasteiger partial charge in [-0.05, 0) is 56.1 Å². The summed E-state index contributed by atoms with van der Waals surface area (Å²) >= 11 is 0. The Balaban J connectivity index is 1.51. The number of carbonyl (C=O) groups is 1. The number of hydrogen-bond acceptors (Lipinski definition) is 3. The first kappa shape index (κ1) is 12.5. The Kier molecular flexibility index (Phi) is 3.69. The van der Waals surface area contributed by atoms with E-state index in [1.165, 1.54) is 24.1 Å². The van der Waals surface area contributed by atoms with Crippen LogP contribution in [0.1, 0.15) is 24.8 Å². The Morgan fingerprint density at radius 2 is 2.16 bits per heavy atom. The van der Waals surface area contributed by atoms with Crippen molar-refractivity contribution in [1.29, 1.82) is 0 Å². The van der Waals surface area contributed by atoms with Gasteiger partial charge in [0.15, 0.2) is 0 Å². The van der Waals surface area contributed by atoms with E-state index < -0.39 is 0 Å². The largest absolute Gasteiger partial charge is 0.384 e. The predicted molar refractivity (Wildman–Crippen MR) is 77.6 cm³/mol. The van der Waals surface area contributed by atoms with Gasteiger partial charge in [-0.25, -0.2) is 0 Å². The zero-order chi connectivity index (χ0) is 13.1. The number of rotatable bonds is 4. The molecule has 4 nitrogen and oxygen atoms in total. The highest BCUT2D eigenvalue weighted by Crippen LogP contribution is 2.25. The number of hydrogen-bond donors (Lipinski definition) is 2. The predicted octanol–water partition coefficient (Wildman–Crippen LogP) is 2.08. The zero-order valence-corrected chi connectivity index (χ0v) is 11.2. The van der Waals surface area contributed by atoms with E-state index in [1.807, 2.05) is 6.07 Å². The summed E-state index contributed by atoms with van der Waals surface area (Å²) in [5.74, 6) is 0.123. The van der Waals surface area contributed by atoms with Crippen molar-refractivity contribution >= 4 is 17.3 Å². The molecule has 1 fully saturated rings. The lowest BCUT2D eigenvalue weighted by Gasteiger charge is -2.14. The van der Waals surface area contributed by atoms with Crippen LogP contribution < -0.4 is 10.6 Å². The Labute approximate surface area is 114 Å². The second-order valence-electron chi connectivity index (χ2n) is 5.40.